The summed E-state index contributed by atoms with van der Waals surface area (Å²) in [5.41, 5.74) is 1.94. The first kappa shape index (κ1) is 14.0. The monoisotopic (exact) mass is 325 g/mol. The Hall–Kier alpha value is -1.42. The number of hydrogen-bond donors (Lipinski definition) is 0. The van der Waals surface area contributed by atoms with Crippen LogP contribution in [0.3, 0.4) is 0 Å². The van der Waals surface area contributed by atoms with Gasteiger partial charge in [0.1, 0.15) is 11.6 Å². The van der Waals surface area contributed by atoms with Crippen molar-refractivity contribution in [2.75, 3.05) is 11.4 Å². The van der Waals surface area contributed by atoms with Gasteiger partial charge in [-0.1, -0.05) is 22.0 Å². The van der Waals surface area contributed by atoms with Crippen molar-refractivity contribution in [3.05, 3.63) is 64.1 Å². The van der Waals surface area contributed by atoms with Crippen LogP contribution >= 0.6 is 15.9 Å². The van der Waals surface area contributed by atoms with Crippen LogP contribution in [-0.4, -0.2) is 6.54 Å². The van der Waals surface area contributed by atoms with Crippen molar-refractivity contribution in [3.63, 3.8) is 0 Å². The SMILES string of the molecule is CCN(Cc1ccc(F)cc1Br)c1ccc(F)cc1. The Morgan fingerprint density at radius 1 is 1.00 bits per heavy atom. The van der Waals surface area contributed by atoms with Gasteiger partial charge in [-0.15, -0.1) is 0 Å². The normalized spacial score (nSPS) is 10.5. The van der Waals surface area contributed by atoms with Gasteiger partial charge in [-0.2, -0.15) is 0 Å². The molecule has 0 aromatic heterocycles. The van der Waals surface area contributed by atoms with Crippen molar-refractivity contribution in [2.24, 2.45) is 0 Å². The molecule has 2 aromatic carbocycles. The third-order valence-corrected chi connectivity index (χ3v) is 3.69. The molecule has 0 saturated heterocycles. The summed E-state index contributed by atoms with van der Waals surface area (Å²) in [5.74, 6) is -0.511. The molecule has 0 saturated carbocycles. The second-order valence-corrected chi connectivity index (χ2v) is 5.08. The molecule has 0 aliphatic carbocycles. The van der Waals surface area contributed by atoms with Crippen LogP contribution in [0, 0.1) is 11.6 Å². The standard InChI is InChI=1S/C15H14BrF2N/c1-2-19(14-7-5-12(17)6-8-14)10-11-3-4-13(18)9-15(11)16/h3-9H,2,10H2,1H3. The molecule has 0 fully saturated rings. The van der Waals surface area contributed by atoms with E-state index in [9.17, 15) is 8.78 Å². The Balaban J connectivity index is 2.21. The summed E-state index contributed by atoms with van der Waals surface area (Å²) in [6.07, 6.45) is 0. The zero-order valence-corrected chi connectivity index (χ0v) is 12.1. The molecule has 0 unspecified atom stereocenters. The smallest absolute Gasteiger partial charge is 0.124 e. The maximum atomic E-state index is 13.0. The molecule has 2 aromatic rings. The molecule has 0 bridgehead atoms. The molecule has 0 atom stereocenters. The van der Waals surface area contributed by atoms with E-state index in [2.05, 4.69) is 20.8 Å². The third-order valence-electron chi connectivity index (χ3n) is 2.95. The molecule has 4 heteroatoms. The minimum absolute atomic E-state index is 0.247. The van der Waals surface area contributed by atoms with Crippen LogP contribution in [0.4, 0.5) is 14.5 Å². The average molecular weight is 326 g/mol. The highest BCUT2D eigenvalue weighted by Gasteiger charge is 2.08. The number of benzene rings is 2. The lowest BCUT2D eigenvalue weighted by Gasteiger charge is -2.23. The molecular formula is C15H14BrF2N. The van der Waals surface area contributed by atoms with E-state index in [0.717, 1.165) is 22.3 Å². The molecule has 0 amide bonds. The lowest BCUT2D eigenvalue weighted by Crippen LogP contribution is -2.22. The quantitative estimate of drug-likeness (QED) is 0.783. The van der Waals surface area contributed by atoms with Gasteiger partial charge in [-0.05, 0) is 48.9 Å². The van der Waals surface area contributed by atoms with E-state index in [1.807, 2.05) is 6.92 Å². The molecule has 0 aliphatic heterocycles. The molecular weight excluding hydrogens is 312 g/mol. The van der Waals surface area contributed by atoms with E-state index < -0.39 is 0 Å². The Kier molecular flexibility index (Phi) is 4.53. The van der Waals surface area contributed by atoms with Crippen LogP contribution in [0.15, 0.2) is 46.9 Å². The van der Waals surface area contributed by atoms with Crippen LogP contribution in [0.2, 0.25) is 0 Å². The predicted octanol–water partition coefficient (Wildman–Crippen LogP) is 4.75. The minimum atomic E-state index is -0.263. The topological polar surface area (TPSA) is 3.24 Å². The van der Waals surface area contributed by atoms with Crippen molar-refractivity contribution in [2.45, 2.75) is 13.5 Å². The van der Waals surface area contributed by atoms with Gasteiger partial charge < -0.3 is 4.90 Å². The van der Waals surface area contributed by atoms with Crippen molar-refractivity contribution >= 4 is 21.6 Å². The average Bonchev–Trinajstić information content (AvgIpc) is 2.39. The summed E-state index contributed by atoms with van der Waals surface area (Å²) < 4.78 is 26.7. The van der Waals surface area contributed by atoms with Gasteiger partial charge in [0.25, 0.3) is 0 Å². The highest BCUT2D eigenvalue weighted by atomic mass is 79.9. The summed E-state index contributed by atoms with van der Waals surface area (Å²) in [6, 6.07) is 11.0. The van der Waals surface area contributed by atoms with Crippen LogP contribution in [0.25, 0.3) is 0 Å². The first-order chi connectivity index (χ1) is 9.10. The van der Waals surface area contributed by atoms with E-state index >= 15 is 0 Å². The summed E-state index contributed by atoms with van der Waals surface area (Å²) in [4.78, 5) is 2.09. The third kappa shape index (κ3) is 3.53. The number of halogens is 3. The Bertz CT molecular complexity index is 555. The zero-order valence-electron chi connectivity index (χ0n) is 10.5. The maximum Gasteiger partial charge on any atom is 0.124 e. The van der Waals surface area contributed by atoms with Gasteiger partial charge >= 0.3 is 0 Å². The van der Waals surface area contributed by atoms with E-state index in [0.29, 0.717) is 6.54 Å². The van der Waals surface area contributed by atoms with Gasteiger partial charge in [0.15, 0.2) is 0 Å². The zero-order chi connectivity index (χ0) is 13.8. The van der Waals surface area contributed by atoms with E-state index in [-0.39, 0.29) is 11.6 Å². The Labute approximate surface area is 120 Å². The van der Waals surface area contributed by atoms with Crippen LogP contribution < -0.4 is 4.90 Å². The first-order valence-corrected chi connectivity index (χ1v) is 6.84. The van der Waals surface area contributed by atoms with Crippen molar-refractivity contribution < 1.29 is 8.78 Å². The molecule has 0 aliphatic rings. The summed E-state index contributed by atoms with van der Waals surface area (Å²) >= 11 is 3.36. The van der Waals surface area contributed by atoms with Gasteiger partial charge in [0.2, 0.25) is 0 Å². The van der Waals surface area contributed by atoms with E-state index in [4.69, 9.17) is 0 Å². The fourth-order valence-corrected chi connectivity index (χ4v) is 2.37. The van der Waals surface area contributed by atoms with Crippen molar-refractivity contribution in [3.8, 4) is 0 Å². The highest BCUT2D eigenvalue weighted by Crippen LogP contribution is 2.23. The molecule has 19 heavy (non-hydrogen) atoms. The largest absolute Gasteiger partial charge is 0.367 e. The second-order valence-electron chi connectivity index (χ2n) is 4.23. The molecule has 0 radical (unpaired) electrons. The number of hydrogen-bond acceptors (Lipinski definition) is 1. The van der Waals surface area contributed by atoms with E-state index in [1.54, 1.807) is 18.2 Å². The van der Waals surface area contributed by atoms with Gasteiger partial charge in [0.05, 0.1) is 0 Å². The van der Waals surface area contributed by atoms with E-state index in [1.165, 1.54) is 24.3 Å². The Morgan fingerprint density at radius 3 is 2.21 bits per heavy atom. The second kappa shape index (κ2) is 6.15. The molecule has 1 nitrogen and oxygen atoms in total. The summed E-state index contributed by atoms with van der Waals surface area (Å²) in [6.45, 7) is 3.46. The molecule has 0 heterocycles. The fourth-order valence-electron chi connectivity index (χ4n) is 1.89. The molecule has 0 spiro atoms. The molecule has 2 rings (SSSR count). The van der Waals surface area contributed by atoms with Gasteiger partial charge in [-0.25, -0.2) is 8.78 Å². The van der Waals surface area contributed by atoms with Gasteiger partial charge in [0, 0.05) is 23.2 Å². The van der Waals surface area contributed by atoms with Crippen molar-refractivity contribution in [1.82, 2.24) is 0 Å². The fraction of sp³-hybridized carbons (Fsp3) is 0.200. The van der Waals surface area contributed by atoms with Gasteiger partial charge in [-0.3, -0.25) is 0 Å². The lowest BCUT2D eigenvalue weighted by molar-refractivity contribution is 0.625. The van der Waals surface area contributed by atoms with Crippen molar-refractivity contribution in [1.29, 1.82) is 0 Å². The van der Waals surface area contributed by atoms with Crippen LogP contribution in [0.5, 0.6) is 0 Å². The first-order valence-electron chi connectivity index (χ1n) is 6.04. The maximum absolute atomic E-state index is 13.0. The number of rotatable bonds is 4. The summed E-state index contributed by atoms with van der Waals surface area (Å²) in [7, 11) is 0. The minimum Gasteiger partial charge on any atom is -0.367 e. The predicted molar refractivity (Wildman–Crippen MR) is 77.2 cm³/mol. The lowest BCUT2D eigenvalue weighted by atomic mass is 10.2. The number of anilines is 1. The summed E-state index contributed by atoms with van der Waals surface area (Å²) in [5, 5.41) is 0. The van der Waals surface area contributed by atoms with Crippen LogP contribution in [-0.2, 0) is 6.54 Å². The molecule has 100 valence electrons. The highest BCUT2D eigenvalue weighted by molar-refractivity contribution is 9.10. The Morgan fingerprint density at radius 2 is 1.63 bits per heavy atom. The van der Waals surface area contributed by atoms with Crippen LogP contribution in [0.1, 0.15) is 12.5 Å². The number of nitrogens with zero attached hydrogens (tertiary/aromatic N) is 1. The molecule has 0 N–H and O–H groups in total.